The molecule has 1 fully saturated rings. The van der Waals surface area contributed by atoms with Gasteiger partial charge in [0.2, 0.25) is 5.91 Å². The van der Waals surface area contributed by atoms with E-state index in [0.717, 1.165) is 49.5 Å². The lowest BCUT2D eigenvalue weighted by molar-refractivity contribution is -0.125. The summed E-state index contributed by atoms with van der Waals surface area (Å²) in [5.41, 5.74) is 4.58. The van der Waals surface area contributed by atoms with E-state index in [9.17, 15) is 4.79 Å². The second-order valence-electron chi connectivity index (χ2n) is 6.81. The monoisotopic (exact) mass is 337 g/mol. The number of benzene rings is 1. The number of nitrogens with zero attached hydrogens (tertiary/aromatic N) is 3. The molecule has 0 N–H and O–H groups in total. The predicted octanol–water partition coefficient (Wildman–Crippen LogP) is 3.27. The molecule has 1 aromatic carbocycles. The number of hydrogen-bond donors (Lipinski definition) is 0. The van der Waals surface area contributed by atoms with E-state index in [2.05, 4.69) is 48.6 Å². The minimum absolute atomic E-state index is 0.111. The summed E-state index contributed by atoms with van der Waals surface area (Å²) in [4.78, 5) is 16.8. The maximum absolute atomic E-state index is 12.5. The van der Waals surface area contributed by atoms with Gasteiger partial charge in [-0.05, 0) is 63.7 Å². The quantitative estimate of drug-likeness (QED) is 0.804. The van der Waals surface area contributed by atoms with Gasteiger partial charge in [-0.15, -0.1) is 0 Å². The molecule has 0 saturated carbocycles. The number of likely N-dealkylation sites (N-methyl/N-ethyl adjacent to an activating group) is 1. The van der Waals surface area contributed by atoms with Gasteiger partial charge in [0.25, 0.3) is 0 Å². The highest BCUT2D eigenvalue weighted by Crippen LogP contribution is 2.21. The Labute approximate surface area is 150 Å². The first-order chi connectivity index (χ1) is 12.1. The predicted molar refractivity (Wildman–Crippen MR) is 103 cm³/mol. The van der Waals surface area contributed by atoms with E-state index < -0.39 is 0 Å². The van der Waals surface area contributed by atoms with Gasteiger partial charge in [0.15, 0.2) is 0 Å². The first kappa shape index (κ1) is 17.5. The average molecular weight is 337 g/mol. The summed E-state index contributed by atoms with van der Waals surface area (Å²) in [6, 6.07) is 12.5. The maximum atomic E-state index is 12.5. The van der Waals surface area contributed by atoms with Crippen molar-refractivity contribution in [2.45, 2.75) is 20.3 Å². The van der Waals surface area contributed by atoms with Crippen LogP contribution in [0.2, 0.25) is 0 Å². The van der Waals surface area contributed by atoms with Crippen LogP contribution >= 0.6 is 0 Å². The van der Waals surface area contributed by atoms with Crippen LogP contribution in [-0.2, 0) is 4.79 Å². The highest BCUT2D eigenvalue weighted by atomic mass is 16.2. The van der Waals surface area contributed by atoms with Crippen molar-refractivity contribution in [2.75, 3.05) is 33.2 Å². The zero-order valence-corrected chi connectivity index (χ0v) is 15.4. The third kappa shape index (κ3) is 4.02. The minimum Gasteiger partial charge on any atom is -0.338 e. The normalized spacial score (nSPS) is 16.4. The summed E-state index contributed by atoms with van der Waals surface area (Å²) in [7, 11) is 2.11. The minimum atomic E-state index is 0.111. The second kappa shape index (κ2) is 7.70. The number of para-hydroxylation sites is 1. The van der Waals surface area contributed by atoms with Crippen LogP contribution in [0.25, 0.3) is 11.8 Å². The molecule has 0 spiro atoms. The number of carbonyl (C=O) groups is 1. The maximum Gasteiger partial charge on any atom is 0.246 e. The van der Waals surface area contributed by atoms with E-state index in [-0.39, 0.29) is 5.91 Å². The molecule has 2 aromatic rings. The van der Waals surface area contributed by atoms with Gasteiger partial charge in [0.05, 0.1) is 0 Å². The molecule has 1 aromatic heterocycles. The summed E-state index contributed by atoms with van der Waals surface area (Å²) in [5.74, 6) is 0.111. The summed E-state index contributed by atoms with van der Waals surface area (Å²) in [6.45, 7) is 7.86. The Balaban J connectivity index is 1.77. The van der Waals surface area contributed by atoms with Crippen LogP contribution in [0.5, 0.6) is 0 Å². The molecule has 4 heteroatoms. The second-order valence-corrected chi connectivity index (χ2v) is 6.81. The third-order valence-corrected chi connectivity index (χ3v) is 4.92. The fraction of sp³-hybridized carbons (Fsp3) is 0.381. The van der Waals surface area contributed by atoms with E-state index in [1.165, 1.54) is 5.69 Å². The van der Waals surface area contributed by atoms with Crippen molar-refractivity contribution in [3.8, 4) is 5.69 Å². The van der Waals surface area contributed by atoms with E-state index in [0.29, 0.717) is 0 Å². The molecule has 4 nitrogen and oxygen atoms in total. The molecule has 3 rings (SSSR count). The highest BCUT2D eigenvalue weighted by molar-refractivity contribution is 5.92. The lowest BCUT2D eigenvalue weighted by Crippen LogP contribution is -2.33. The van der Waals surface area contributed by atoms with Gasteiger partial charge in [0, 0.05) is 42.8 Å². The van der Waals surface area contributed by atoms with Crippen molar-refractivity contribution >= 4 is 12.0 Å². The number of rotatable bonds is 3. The van der Waals surface area contributed by atoms with Crippen molar-refractivity contribution in [3.05, 3.63) is 59.4 Å². The number of carbonyl (C=O) groups excluding carboxylic acids is 1. The van der Waals surface area contributed by atoms with E-state index in [1.54, 1.807) is 6.08 Å². The molecular formula is C21H27N3O. The first-order valence-electron chi connectivity index (χ1n) is 8.96. The lowest BCUT2D eigenvalue weighted by Gasteiger charge is -2.18. The molecule has 1 saturated heterocycles. The molecule has 132 valence electrons. The van der Waals surface area contributed by atoms with Crippen molar-refractivity contribution in [1.29, 1.82) is 0 Å². The smallest absolute Gasteiger partial charge is 0.246 e. The molecule has 25 heavy (non-hydrogen) atoms. The Morgan fingerprint density at radius 3 is 2.56 bits per heavy atom. The van der Waals surface area contributed by atoms with Gasteiger partial charge in [-0.25, -0.2) is 0 Å². The molecule has 0 unspecified atom stereocenters. The van der Waals surface area contributed by atoms with Gasteiger partial charge in [-0.3, -0.25) is 4.79 Å². The number of amides is 1. The molecule has 0 radical (unpaired) electrons. The van der Waals surface area contributed by atoms with Crippen LogP contribution in [0.1, 0.15) is 23.4 Å². The molecule has 1 aliphatic heterocycles. The Morgan fingerprint density at radius 1 is 1.04 bits per heavy atom. The number of aryl methyl sites for hydroxylation is 1. The highest BCUT2D eigenvalue weighted by Gasteiger charge is 2.15. The van der Waals surface area contributed by atoms with Gasteiger partial charge in [0.1, 0.15) is 0 Å². The fourth-order valence-electron chi connectivity index (χ4n) is 3.46. The SMILES string of the molecule is Cc1cc(/C=C/C(=O)N2CCCN(C)CC2)c(C)n1-c1ccccc1. The Bertz CT molecular complexity index is 761. The standard InChI is InChI=1S/C21H27N3O/c1-17-16-19(18(2)24(17)20-8-5-4-6-9-20)10-11-21(25)23-13-7-12-22(3)14-15-23/h4-6,8-11,16H,7,12-15H2,1-3H3/b11-10+. The van der Waals surface area contributed by atoms with E-state index >= 15 is 0 Å². The van der Waals surface area contributed by atoms with Crippen molar-refractivity contribution in [3.63, 3.8) is 0 Å². The lowest BCUT2D eigenvalue weighted by atomic mass is 10.2. The van der Waals surface area contributed by atoms with Crippen LogP contribution in [-0.4, -0.2) is 53.5 Å². The Morgan fingerprint density at radius 2 is 1.80 bits per heavy atom. The van der Waals surface area contributed by atoms with Crippen LogP contribution < -0.4 is 0 Å². The van der Waals surface area contributed by atoms with Crippen molar-refractivity contribution < 1.29 is 4.79 Å². The zero-order chi connectivity index (χ0) is 17.8. The summed E-state index contributed by atoms with van der Waals surface area (Å²) in [6.07, 6.45) is 4.72. The molecule has 0 atom stereocenters. The topological polar surface area (TPSA) is 28.5 Å². The van der Waals surface area contributed by atoms with Crippen LogP contribution in [0, 0.1) is 13.8 Å². The summed E-state index contributed by atoms with van der Waals surface area (Å²) >= 11 is 0. The Hall–Kier alpha value is -2.33. The van der Waals surface area contributed by atoms with Gasteiger partial charge >= 0.3 is 0 Å². The van der Waals surface area contributed by atoms with Crippen molar-refractivity contribution in [1.82, 2.24) is 14.4 Å². The van der Waals surface area contributed by atoms with Gasteiger partial charge in [-0.2, -0.15) is 0 Å². The Kier molecular flexibility index (Phi) is 5.39. The van der Waals surface area contributed by atoms with Gasteiger partial charge in [-0.1, -0.05) is 18.2 Å². The summed E-state index contributed by atoms with van der Waals surface area (Å²) in [5, 5.41) is 0. The van der Waals surface area contributed by atoms with Crippen LogP contribution in [0.3, 0.4) is 0 Å². The molecule has 0 aliphatic carbocycles. The molecule has 1 aliphatic rings. The fourth-order valence-corrected chi connectivity index (χ4v) is 3.46. The number of aromatic nitrogens is 1. The molecular weight excluding hydrogens is 310 g/mol. The molecule has 2 heterocycles. The molecule has 0 bridgehead atoms. The van der Waals surface area contributed by atoms with Crippen LogP contribution in [0.4, 0.5) is 0 Å². The number of hydrogen-bond acceptors (Lipinski definition) is 2. The van der Waals surface area contributed by atoms with Gasteiger partial charge < -0.3 is 14.4 Å². The van der Waals surface area contributed by atoms with E-state index in [1.807, 2.05) is 29.2 Å². The van der Waals surface area contributed by atoms with Crippen molar-refractivity contribution in [2.24, 2.45) is 0 Å². The summed E-state index contributed by atoms with van der Waals surface area (Å²) < 4.78 is 2.23. The third-order valence-electron chi connectivity index (χ3n) is 4.92. The van der Waals surface area contributed by atoms with Crippen LogP contribution in [0.15, 0.2) is 42.5 Å². The average Bonchev–Trinajstić information content (AvgIpc) is 2.75. The largest absolute Gasteiger partial charge is 0.338 e. The first-order valence-corrected chi connectivity index (χ1v) is 8.96. The zero-order valence-electron chi connectivity index (χ0n) is 15.4. The van der Waals surface area contributed by atoms with E-state index in [4.69, 9.17) is 0 Å². The molecule has 1 amide bonds.